The Morgan fingerprint density at radius 2 is 1.10 bits per heavy atom. The number of halogens is 4. The van der Waals surface area contributed by atoms with Crippen LogP contribution >= 0.6 is 23.2 Å². The van der Waals surface area contributed by atoms with Gasteiger partial charge in [-0.15, -0.1) is 0 Å². The highest BCUT2D eigenvalue weighted by molar-refractivity contribution is 6.28. The summed E-state index contributed by atoms with van der Waals surface area (Å²) in [6, 6.07) is 13.2. The molecule has 0 saturated heterocycles. The second-order valence-electron chi connectivity index (χ2n) is 9.80. The summed E-state index contributed by atoms with van der Waals surface area (Å²) in [4.78, 5) is 16.3. The summed E-state index contributed by atoms with van der Waals surface area (Å²) in [5, 5.41) is 2.00. The smallest absolute Gasteiger partial charge is 0.222 e. The number of aromatic nitrogens is 6. The van der Waals surface area contributed by atoms with Crippen LogP contribution in [0.1, 0.15) is 11.4 Å². The summed E-state index contributed by atoms with van der Waals surface area (Å²) in [5.41, 5.74) is 7.07. The zero-order valence-corrected chi connectivity index (χ0v) is 23.5. The molecule has 0 spiro atoms. The molecule has 0 saturated carbocycles. The van der Waals surface area contributed by atoms with Crippen LogP contribution in [-0.2, 0) is 35.8 Å². The molecule has 2 aliphatic heterocycles. The van der Waals surface area contributed by atoms with Gasteiger partial charge in [-0.05, 0) is 71.7 Å². The maximum absolute atomic E-state index is 13.7. The molecule has 6 aromatic rings. The number of nitrogens with zero attached hydrogens (tertiary/aromatic N) is 6. The number of rotatable bonds is 2. The molecule has 0 unspecified atom stereocenters. The van der Waals surface area contributed by atoms with Crippen LogP contribution < -0.4 is 0 Å². The lowest BCUT2D eigenvalue weighted by molar-refractivity contribution is 0.0868. The predicted molar refractivity (Wildman–Crippen MR) is 155 cm³/mol. The fourth-order valence-corrected chi connectivity index (χ4v) is 6.03. The lowest BCUT2D eigenvalue weighted by Gasteiger charge is -2.17. The van der Waals surface area contributed by atoms with E-state index in [9.17, 15) is 8.78 Å². The van der Waals surface area contributed by atoms with Gasteiger partial charge in [0, 0.05) is 58.4 Å². The molecule has 42 heavy (non-hydrogen) atoms. The van der Waals surface area contributed by atoms with Crippen molar-refractivity contribution in [3.05, 3.63) is 94.5 Å². The van der Waals surface area contributed by atoms with Crippen LogP contribution in [0.25, 0.3) is 44.3 Å². The van der Waals surface area contributed by atoms with Gasteiger partial charge in [-0.1, -0.05) is 0 Å². The van der Waals surface area contributed by atoms with Crippen LogP contribution in [0.5, 0.6) is 0 Å². The quantitative estimate of drug-likeness (QED) is 0.201. The van der Waals surface area contributed by atoms with Crippen molar-refractivity contribution in [2.75, 3.05) is 13.2 Å². The standard InChI is InChI=1S/2C15H11ClFN3O/c2*16-15-18-4-3-11(19-15)14-10-7-9(17)1-2-12(10)20-5-6-21-8-13(14)20/h2*1-4,7H,5-6,8H2. The number of fused-ring (bicyclic) bond motifs is 6. The summed E-state index contributed by atoms with van der Waals surface area (Å²) in [6.45, 7) is 3.75. The molecule has 0 amide bonds. The zero-order chi connectivity index (χ0) is 28.8. The monoisotopic (exact) mass is 606 g/mol. The Bertz CT molecular complexity index is 1830. The SMILES string of the molecule is Fc1ccc2c(c1)c(-c1ccnc(Cl)n1)c1n2CCOC1.Fc1ccc2c(c1)c(-c1ccnc(Cl)n1)c1n2CCOC1. The van der Waals surface area contributed by atoms with Gasteiger partial charge in [0.2, 0.25) is 10.6 Å². The highest BCUT2D eigenvalue weighted by Crippen LogP contribution is 2.38. The molecule has 0 fully saturated rings. The third-order valence-corrected chi connectivity index (χ3v) is 7.79. The lowest BCUT2D eigenvalue weighted by atomic mass is 10.1. The zero-order valence-electron chi connectivity index (χ0n) is 22.0. The molecule has 6 heterocycles. The van der Waals surface area contributed by atoms with Crippen molar-refractivity contribution in [3.63, 3.8) is 0 Å². The van der Waals surface area contributed by atoms with E-state index in [2.05, 4.69) is 29.1 Å². The van der Waals surface area contributed by atoms with Crippen molar-refractivity contribution in [1.29, 1.82) is 0 Å². The van der Waals surface area contributed by atoms with Gasteiger partial charge < -0.3 is 18.6 Å². The average molecular weight is 607 g/mol. The first-order valence-corrected chi connectivity index (χ1v) is 14.0. The van der Waals surface area contributed by atoms with Gasteiger partial charge in [-0.25, -0.2) is 28.7 Å². The van der Waals surface area contributed by atoms with Crippen LogP contribution in [0.3, 0.4) is 0 Å². The van der Waals surface area contributed by atoms with E-state index in [1.54, 1.807) is 36.7 Å². The van der Waals surface area contributed by atoms with E-state index >= 15 is 0 Å². The summed E-state index contributed by atoms with van der Waals surface area (Å²) < 4.78 is 42.8. The molecular weight excluding hydrogens is 585 g/mol. The molecule has 12 heteroatoms. The van der Waals surface area contributed by atoms with E-state index < -0.39 is 0 Å². The minimum atomic E-state index is -0.271. The van der Waals surface area contributed by atoms with E-state index in [1.165, 1.54) is 24.3 Å². The van der Waals surface area contributed by atoms with Gasteiger partial charge in [0.15, 0.2) is 0 Å². The Labute approximate surface area is 248 Å². The Balaban J connectivity index is 0.000000137. The average Bonchev–Trinajstić information content (AvgIpc) is 3.49. The molecular formula is C30H22Cl2F2N6O2. The molecule has 0 atom stereocenters. The molecule has 2 aliphatic rings. The second-order valence-corrected chi connectivity index (χ2v) is 10.5. The fraction of sp³-hybridized carbons (Fsp3) is 0.200. The van der Waals surface area contributed by atoms with Crippen molar-refractivity contribution in [3.8, 4) is 22.5 Å². The first-order chi connectivity index (χ1) is 20.5. The van der Waals surface area contributed by atoms with Gasteiger partial charge >= 0.3 is 0 Å². The molecule has 4 aromatic heterocycles. The summed E-state index contributed by atoms with van der Waals surface area (Å²) in [6.07, 6.45) is 3.20. The molecule has 0 bridgehead atoms. The molecule has 8 rings (SSSR count). The van der Waals surface area contributed by atoms with Crippen LogP contribution in [0.4, 0.5) is 8.78 Å². The third-order valence-electron chi connectivity index (χ3n) is 7.43. The van der Waals surface area contributed by atoms with Crippen molar-refractivity contribution in [2.24, 2.45) is 0 Å². The van der Waals surface area contributed by atoms with Crippen LogP contribution in [0.15, 0.2) is 60.9 Å². The Morgan fingerprint density at radius 1 is 0.643 bits per heavy atom. The van der Waals surface area contributed by atoms with E-state index in [4.69, 9.17) is 32.7 Å². The van der Waals surface area contributed by atoms with Crippen LogP contribution in [-0.4, -0.2) is 42.3 Å². The fourth-order valence-electron chi connectivity index (χ4n) is 5.74. The van der Waals surface area contributed by atoms with Crippen molar-refractivity contribution >= 4 is 45.0 Å². The molecule has 0 N–H and O–H groups in total. The van der Waals surface area contributed by atoms with E-state index in [0.29, 0.717) is 37.8 Å². The maximum Gasteiger partial charge on any atom is 0.222 e. The van der Waals surface area contributed by atoms with Crippen molar-refractivity contribution in [2.45, 2.75) is 26.3 Å². The van der Waals surface area contributed by atoms with E-state index in [-0.39, 0.29) is 22.2 Å². The first kappa shape index (κ1) is 26.9. The molecule has 8 nitrogen and oxygen atoms in total. The largest absolute Gasteiger partial charge is 0.373 e. The van der Waals surface area contributed by atoms with E-state index in [1.807, 2.05) is 0 Å². The van der Waals surface area contributed by atoms with Crippen molar-refractivity contribution < 1.29 is 18.3 Å². The summed E-state index contributed by atoms with van der Waals surface area (Å²) in [7, 11) is 0. The Morgan fingerprint density at radius 3 is 1.52 bits per heavy atom. The highest BCUT2D eigenvalue weighted by atomic mass is 35.5. The Kier molecular flexibility index (Phi) is 7.07. The number of hydrogen-bond donors (Lipinski definition) is 0. The van der Waals surface area contributed by atoms with Crippen LogP contribution in [0.2, 0.25) is 10.6 Å². The third kappa shape index (κ3) is 4.80. The van der Waals surface area contributed by atoms with Crippen molar-refractivity contribution in [1.82, 2.24) is 29.1 Å². The molecule has 212 valence electrons. The lowest BCUT2D eigenvalue weighted by Crippen LogP contribution is -2.16. The van der Waals surface area contributed by atoms with Gasteiger partial charge in [0.25, 0.3) is 0 Å². The second kappa shape index (κ2) is 11.0. The maximum atomic E-state index is 13.7. The summed E-state index contributed by atoms with van der Waals surface area (Å²) in [5.74, 6) is -0.541. The first-order valence-electron chi connectivity index (χ1n) is 13.2. The van der Waals surface area contributed by atoms with Gasteiger partial charge in [-0.3, -0.25) is 0 Å². The highest BCUT2D eigenvalue weighted by Gasteiger charge is 2.24. The topological polar surface area (TPSA) is 79.9 Å². The summed E-state index contributed by atoms with van der Waals surface area (Å²) >= 11 is 11.8. The predicted octanol–water partition coefficient (Wildman–Crippen LogP) is 6.84. The van der Waals surface area contributed by atoms with Gasteiger partial charge in [0.1, 0.15) is 11.6 Å². The van der Waals surface area contributed by atoms with Gasteiger partial charge in [-0.2, -0.15) is 0 Å². The minimum absolute atomic E-state index is 0.175. The van der Waals surface area contributed by atoms with Crippen LogP contribution in [0, 0.1) is 11.6 Å². The molecule has 0 radical (unpaired) electrons. The Hall–Kier alpha value is -3.96. The number of ether oxygens (including phenoxy) is 2. The normalized spacial score (nSPS) is 14.4. The molecule has 2 aromatic carbocycles. The van der Waals surface area contributed by atoms with Gasteiger partial charge in [0.05, 0.1) is 49.2 Å². The minimum Gasteiger partial charge on any atom is -0.373 e. The number of benzene rings is 2. The van der Waals surface area contributed by atoms with E-state index in [0.717, 1.165) is 57.4 Å². The number of hydrogen-bond acceptors (Lipinski definition) is 6. The molecule has 0 aliphatic carbocycles.